The summed E-state index contributed by atoms with van der Waals surface area (Å²) in [5.74, 6) is 1.47. The Labute approximate surface area is 210 Å². The third-order valence-electron chi connectivity index (χ3n) is 6.47. The molecule has 2 aliphatic heterocycles. The summed E-state index contributed by atoms with van der Waals surface area (Å²) < 4.78 is 17.8. The van der Waals surface area contributed by atoms with Gasteiger partial charge in [-0.25, -0.2) is 0 Å². The molecule has 0 aromatic heterocycles. The molecule has 2 aromatic carbocycles. The summed E-state index contributed by atoms with van der Waals surface area (Å²) in [7, 11) is 0. The first-order valence-electron chi connectivity index (χ1n) is 13.0. The van der Waals surface area contributed by atoms with Crippen molar-refractivity contribution in [3.8, 4) is 5.75 Å². The van der Waals surface area contributed by atoms with Gasteiger partial charge in [0.25, 0.3) is 5.91 Å². The highest BCUT2D eigenvalue weighted by Crippen LogP contribution is 2.26. The number of fused-ring (bicyclic) bond motifs is 3. The predicted molar refractivity (Wildman–Crippen MR) is 138 cm³/mol. The van der Waals surface area contributed by atoms with Gasteiger partial charge in [-0.3, -0.25) is 9.69 Å². The molecule has 2 aliphatic rings. The van der Waals surface area contributed by atoms with Crippen LogP contribution in [-0.4, -0.2) is 73.9 Å². The summed E-state index contributed by atoms with van der Waals surface area (Å²) in [6, 6.07) is 14.6. The number of rotatable bonds is 3. The van der Waals surface area contributed by atoms with E-state index >= 15 is 0 Å². The van der Waals surface area contributed by atoms with Crippen molar-refractivity contribution in [3.63, 3.8) is 0 Å². The van der Waals surface area contributed by atoms with E-state index in [4.69, 9.17) is 14.2 Å². The predicted octanol–water partition coefficient (Wildman–Crippen LogP) is 4.39. The number of carbonyl (C=O) groups is 1. The van der Waals surface area contributed by atoms with Gasteiger partial charge in [0.2, 0.25) is 0 Å². The number of nitrogens with zero attached hydrogens (tertiary/aromatic N) is 2. The van der Waals surface area contributed by atoms with Crippen LogP contribution in [0.3, 0.4) is 0 Å². The maximum atomic E-state index is 13.3. The maximum Gasteiger partial charge on any atom is 0.254 e. The van der Waals surface area contributed by atoms with Gasteiger partial charge in [0.05, 0.1) is 25.4 Å². The standard InChI is InChI=1S/C29H40N2O4/c1-21(2)17-30-10-11-33-12-13-34-28-9-8-26(29(32)31-18-22(3)35-23(4)19-31)16-27(28)15-24-6-5-7-25(14-24)20-30/h5-9,14,16,21-23H,10-13,15,17-20H2,1-4H3. The smallest absolute Gasteiger partial charge is 0.254 e. The Morgan fingerprint density at radius 2 is 1.77 bits per heavy atom. The SMILES string of the molecule is CC(C)CN1CCOCCOc2ccc(C(=O)N3CC(C)OC(C)C3)cc2Cc2cccc(c2)C1. The lowest BCUT2D eigenvalue weighted by Crippen LogP contribution is -2.48. The fourth-order valence-electron chi connectivity index (χ4n) is 5.09. The fourth-order valence-corrected chi connectivity index (χ4v) is 5.09. The summed E-state index contributed by atoms with van der Waals surface area (Å²) in [6.07, 6.45) is 0.799. The van der Waals surface area contributed by atoms with Gasteiger partial charge in [0.15, 0.2) is 0 Å². The lowest BCUT2D eigenvalue weighted by molar-refractivity contribution is -0.0586. The van der Waals surface area contributed by atoms with Gasteiger partial charge < -0.3 is 19.1 Å². The van der Waals surface area contributed by atoms with E-state index in [9.17, 15) is 4.79 Å². The Bertz CT molecular complexity index is 982. The lowest BCUT2D eigenvalue weighted by atomic mass is 9.99. The molecule has 0 radical (unpaired) electrons. The molecule has 0 spiro atoms. The van der Waals surface area contributed by atoms with Crippen molar-refractivity contribution >= 4 is 5.91 Å². The second kappa shape index (κ2) is 12.0. The topological polar surface area (TPSA) is 51.2 Å². The molecule has 1 fully saturated rings. The van der Waals surface area contributed by atoms with Crippen LogP contribution in [0.2, 0.25) is 0 Å². The molecule has 35 heavy (non-hydrogen) atoms. The highest BCUT2D eigenvalue weighted by molar-refractivity contribution is 5.94. The average molecular weight is 481 g/mol. The number of hydrogen-bond donors (Lipinski definition) is 0. The minimum Gasteiger partial charge on any atom is -0.491 e. The van der Waals surface area contributed by atoms with Crippen LogP contribution in [0.1, 0.15) is 54.7 Å². The van der Waals surface area contributed by atoms with Crippen molar-refractivity contribution in [1.29, 1.82) is 0 Å². The number of amides is 1. The van der Waals surface area contributed by atoms with E-state index in [0.29, 0.717) is 50.8 Å². The van der Waals surface area contributed by atoms with Crippen LogP contribution in [0.15, 0.2) is 42.5 Å². The van der Waals surface area contributed by atoms with Crippen molar-refractivity contribution in [2.45, 2.75) is 52.9 Å². The van der Waals surface area contributed by atoms with Crippen LogP contribution in [0.4, 0.5) is 0 Å². The second-order valence-electron chi connectivity index (χ2n) is 10.4. The molecule has 0 saturated carbocycles. The van der Waals surface area contributed by atoms with Gasteiger partial charge >= 0.3 is 0 Å². The first-order valence-corrected chi connectivity index (χ1v) is 13.0. The zero-order valence-electron chi connectivity index (χ0n) is 21.7. The van der Waals surface area contributed by atoms with E-state index in [1.807, 2.05) is 36.9 Å². The third kappa shape index (κ3) is 7.29. The van der Waals surface area contributed by atoms with Crippen LogP contribution < -0.4 is 4.74 Å². The van der Waals surface area contributed by atoms with E-state index in [1.165, 1.54) is 11.1 Å². The summed E-state index contributed by atoms with van der Waals surface area (Å²) >= 11 is 0. The molecule has 2 atom stereocenters. The van der Waals surface area contributed by atoms with Crippen molar-refractivity contribution < 1.29 is 19.0 Å². The van der Waals surface area contributed by atoms with E-state index in [1.54, 1.807) is 0 Å². The Balaban J connectivity index is 1.59. The molecule has 1 saturated heterocycles. The summed E-state index contributed by atoms with van der Waals surface area (Å²) in [4.78, 5) is 17.7. The van der Waals surface area contributed by atoms with Crippen molar-refractivity contribution in [1.82, 2.24) is 9.80 Å². The fraction of sp³-hybridized carbons (Fsp3) is 0.552. The quantitative estimate of drug-likeness (QED) is 0.652. The molecule has 0 aliphatic carbocycles. The molecule has 2 unspecified atom stereocenters. The first-order chi connectivity index (χ1) is 16.9. The number of benzene rings is 2. The monoisotopic (exact) mass is 480 g/mol. The van der Waals surface area contributed by atoms with Crippen LogP contribution in [0.5, 0.6) is 5.75 Å². The number of ether oxygens (including phenoxy) is 3. The minimum atomic E-state index is 0.0429. The molecule has 6 nitrogen and oxygen atoms in total. The van der Waals surface area contributed by atoms with Crippen molar-refractivity contribution in [3.05, 3.63) is 64.7 Å². The maximum absolute atomic E-state index is 13.3. The molecule has 4 rings (SSSR count). The Morgan fingerprint density at radius 3 is 2.54 bits per heavy atom. The highest BCUT2D eigenvalue weighted by atomic mass is 16.5. The van der Waals surface area contributed by atoms with Crippen molar-refractivity contribution in [2.24, 2.45) is 5.92 Å². The largest absolute Gasteiger partial charge is 0.491 e. The van der Waals surface area contributed by atoms with Crippen LogP contribution in [0, 0.1) is 5.92 Å². The van der Waals surface area contributed by atoms with Gasteiger partial charge in [-0.2, -0.15) is 0 Å². The van der Waals surface area contributed by atoms with E-state index < -0.39 is 0 Å². The molecule has 1 amide bonds. The Morgan fingerprint density at radius 1 is 1.00 bits per heavy atom. The highest BCUT2D eigenvalue weighted by Gasteiger charge is 2.27. The molecular weight excluding hydrogens is 440 g/mol. The Hall–Kier alpha value is -2.41. The first kappa shape index (κ1) is 25.7. The molecule has 2 bridgehead atoms. The van der Waals surface area contributed by atoms with Gasteiger partial charge in [0, 0.05) is 44.7 Å². The van der Waals surface area contributed by atoms with Crippen LogP contribution in [0.25, 0.3) is 0 Å². The average Bonchev–Trinajstić information content (AvgIpc) is 2.80. The summed E-state index contributed by atoms with van der Waals surface area (Å²) in [5, 5.41) is 0. The zero-order chi connectivity index (χ0) is 24.8. The van der Waals surface area contributed by atoms with Gasteiger partial charge in [0.1, 0.15) is 12.4 Å². The lowest BCUT2D eigenvalue weighted by Gasteiger charge is -2.35. The summed E-state index contributed by atoms with van der Waals surface area (Å²) in [5.41, 5.74) is 4.25. The molecular formula is C29H40N2O4. The molecule has 6 heteroatoms. The normalized spacial score (nSPS) is 22.3. The van der Waals surface area contributed by atoms with Gasteiger partial charge in [-0.15, -0.1) is 0 Å². The van der Waals surface area contributed by atoms with Gasteiger partial charge in [-0.1, -0.05) is 38.1 Å². The third-order valence-corrected chi connectivity index (χ3v) is 6.47. The van der Waals surface area contributed by atoms with Crippen LogP contribution >= 0.6 is 0 Å². The molecule has 2 heterocycles. The van der Waals surface area contributed by atoms with Gasteiger partial charge in [-0.05, 0) is 54.7 Å². The minimum absolute atomic E-state index is 0.0429. The van der Waals surface area contributed by atoms with E-state index in [2.05, 4.69) is 43.0 Å². The Kier molecular flexibility index (Phi) is 8.82. The van der Waals surface area contributed by atoms with E-state index in [-0.39, 0.29) is 18.1 Å². The van der Waals surface area contributed by atoms with Crippen molar-refractivity contribution in [2.75, 3.05) is 46.0 Å². The molecule has 0 N–H and O–H groups in total. The zero-order valence-corrected chi connectivity index (χ0v) is 21.7. The van der Waals surface area contributed by atoms with E-state index in [0.717, 1.165) is 30.9 Å². The van der Waals surface area contributed by atoms with Crippen LogP contribution in [-0.2, 0) is 22.4 Å². The summed E-state index contributed by atoms with van der Waals surface area (Å²) in [6.45, 7) is 14.3. The second-order valence-corrected chi connectivity index (χ2v) is 10.4. The molecule has 2 aromatic rings. The number of morpholine rings is 1. The number of carbonyl (C=O) groups excluding carboxylic acids is 1. The number of hydrogen-bond acceptors (Lipinski definition) is 5. The molecule has 190 valence electrons.